The van der Waals surface area contributed by atoms with E-state index in [1.165, 1.54) is 13.1 Å². The summed E-state index contributed by atoms with van der Waals surface area (Å²) in [5.41, 5.74) is 10.1. The minimum absolute atomic E-state index is 0.111. The van der Waals surface area contributed by atoms with E-state index in [2.05, 4.69) is 15.6 Å². The second-order valence-electron chi connectivity index (χ2n) is 10.7. The first kappa shape index (κ1) is 26.8. The SMILES string of the molecule is CNC(=O)OC1CCC(CC(=O)Nc2cc(-c3ccccc3F)c(-c3ccc(C4(N)CCC4)cc3)cn2)CC1. The van der Waals surface area contributed by atoms with Crippen molar-refractivity contribution in [2.75, 3.05) is 12.4 Å². The van der Waals surface area contributed by atoms with Gasteiger partial charge in [0.1, 0.15) is 17.7 Å². The van der Waals surface area contributed by atoms with Crippen LogP contribution in [0.2, 0.25) is 0 Å². The van der Waals surface area contributed by atoms with Gasteiger partial charge in [-0.3, -0.25) is 4.79 Å². The van der Waals surface area contributed by atoms with E-state index in [9.17, 15) is 14.0 Å². The molecular weight excluding hydrogens is 495 g/mol. The maximum absolute atomic E-state index is 14.9. The molecule has 0 bridgehead atoms. The average Bonchev–Trinajstić information content (AvgIpc) is 2.93. The molecule has 0 saturated heterocycles. The Bertz CT molecular complexity index is 1330. The van der Waals surface area contributed by atoms with Crippen molar-refractivity contribution in [1.82, 2.24) is 10.3 Å². The van der Waals surface area contributed by atoms with Crippen LogP contribution < -0.4 is 16.4 Å². The smallest absolute Gasteiger partial charge is 0.407 e. The van der Waals surface area contributed by atoms with Crippen molar-refractivity contribution >= 4 is 17.8 Å². The van der Waals surface area contributed by atoms with Crippen LogP contribution in [0.3, 0.4) is 0 Å². The highest BCUT2D eigenvalue weighted by atomic mass is 19.1. The fourth-order valence-electron chi connectivity index (χ4n) is 5.60. The molecule has 204 valence electrons. The van der Waals surface area contributed by atoms with Crippen LogP contribution in [0.15, 0.2) is 60.8 Å². The van der Waals surface area contributed by atoms with E-state index in [1.54, 1.807) is 30.5 Å². The van der Waals surface area contributed by atoms with Crippen LogP contribution in [0.25, 0.3) is 22.3 Å². The summed E-state index contributed by atoms with van der Waals surface area (Å²) in [4.78, 5) is 28.8. The maximum Gasteiger partial charge on any atom is 0.407 e. The number of hydrogen-bond acceptors (Lipinski definition) is 5. The lowest BCUT2D eigenvalue weighted by Crippen LogP contribution is -2.43. The van der Waals surface area contributed by atoms with Crippen LogP contribution in [-0.4, -0.2) is 30.1 Å². The average molecular weight is 531 g/mol. The van der Waals surface area contributed by atoms with Gasteiger partial charge >= 0.3 is 6.09 Å². The molecule has 2 aromatic carbocycles. The summed E-state index contributed by atoms with van der Waals surface area (Å²) in [6, 6.07) is 16.5. The van der Waals surface area contributed by atoms with Crippen LogP contribution in [0, 0.1) is 11.7 Å². The van der Waals surface area contributed by atoms with Crippen LogP contribution >= 0.6 is 0 Å². The molecule has 1 heterocycles. The molecule has 2 saturated carbocycles. The molecule has 0 spiro atoms. The fraction of sp³-hybridized carbons (Fsp3) is 0.387. The van der Waals surface area contributed by atoms with Crippen LogP contribution in [0.1, 0.15) is 56.9 Å². The third-order valence-electron chi connectivity index (χ3n) is 8.10. The number of carbonyl (C=O) groups is 2. The second kappa shape index (κ2) is 11.5. The molecule has 0 unspecified atom stereocenters. The van der Waals surface area contributed by atoms with Gasteiger partial charge in [-0.2, -0.15) is 0 Å². The summed E-state index contributed by atoms with van der Waals surface area (Å²) in [7, 11) is 1.54. The molecule has 1 aromatic heterocycles. The number of anilines is 1. The van der Waals surface area contributed by atoms with Crippen molar-refractivity contribution in [2.24, 2.45) is 11.7 Å². The van der Waals surface area contributed by atoms with Gasteiger partial charge in [0.05, 0.1) is 0 Å². The summed E-state index contributed by atoms with van der Waals surface area (Å²) in [6.45, 7) is 0. The third kappa shape index (κ3) is 6.11. The van der Waals surface area contributed by atoms with Crippen LogP contribution in [0.4, 0.5) is 15.0 Å². The molecule has 5 rings (SSSR count). The lowest BCUT2D eigenvalue weighted by Gasteiger charge is -2.38. The van der Waals surface area contributed by atoms with Gasteiger partial charge in [0.25, 0.3) is 0 Å². The van der Waals surface area contributed by atoms with Gasteiger partial charge in [-0.1, -0.05) is 42.5 Å². The van der Waals surface area contributed by atoms with Crippen molar-refractivity contribution in [3.63, 3.8) is 0 Å². The van der Waals surface area contributed by atoms with Crippen molar-refractivity contribution < 1.29 is 18.7 Å². The first-order valence-electron chi connectivity index (χ1n) is 13.7. The van der Waals surface area contributed by atoms with E-state index < -0.39 is 6.09 Å². The molecule has 4 N–H and O–H groups in total. The second-order valence-corrected chi connectivity index (χ2v) is 10.7. The fourth-order valence-corrected chi connectivity index (χ4v) is 5.60. The highest BCUT2D eigenvalue weighted by Crippen LogP contribution is 2.40. The van der Waals surface area contributed by atoms with Crippen molar-refractivity contribution in [3.05, 3.63) is 72.2 Å². The Labute approximate surface area is 228 Å². The predicted octanol–water partition coefficient (Wildman–Crippen LogP) is 6.14. The number of ether oxygens (including phenoxy) is 1. The zero-order chi connectivity index (χ0) is 27.4. The highest BCUT2D eigenvalue weighted by molar-refractivity contribution is 5.92. The van der Waals surface area contributed by atoms with E-state index in [4.69, 9.17) is 10.5 Å². The molecule has 7 nitrogen and oxygen atoms in total. The number of benzene rings is 2. The number of pyridine rings is 1. The zero-order valence-corrected chi connectivity index (χ0v) is 22.2. The van der Waals surface area contributed by atoms with Gasteiger partial charge in [0, 0.05) is 36.3 Å². The lowest BCUT2D eigenvalue weighted by atomic mass is 9.72. The van der Waals surface area contributed by atoms with E-state index in [0.717, 1.165) is 61.6 Å². The van der Waals surface area contributed by atoms with Gasteiger partial charge in [0.2, 0.25) is 5.91 Å². The molecule has 3 aromatic rings. The van der Waals surface area contributed by atoms with E-state index in [1.807, 2.05) is 24.3 Å². The number of hydrogen-bond donors (Lipinski definition) is 3. The molecule has 2 aliphatic rings. The van der Waals surface area contributed by atoms with Crippen molar-refractivity contribution in [3.8, 4) is 22.3 Å². The number of carbonyl (C=O) groups excluding carboxylic acids is 2. The number of nitrogens with zero attached hydrogens (tertiary/aromatic N) is 1. The summed E-state index contributed by atoms with van der Waals surface area (Å²) >= 11 is 0. The standard InChI is InChI=1S/C31H35FN4O3/c1-34-30(38)39-23-13-7-20(8-14-23)17-29(37)36-28-18-25(24-5-2-3-6-27(24)32)26(19-35-28)21-9-11-22(12-10-21)31(33)15-4-16-31/h2-3,5-6,9-12,18-20,23H,4,7-8,13-17,33H2,1H3,(H,34,38)(H,35,36,37). The molecular formula is C31H35FN4O3. The predicted molar refractivity (Wildman–Crippen MR) is 149 cm³/mol. The first-order valence-corrected chi connectivity index (χ1v) is 13.7. The molecule has 2 aliphatic carbocycles. The number of halogens is 1. The van der Waals surface area contributed by atoms with Crippen LogP contribution in [-0.2, 0) is 15.1 Å². The Morgan fingerprint density at radius 1 is 1.03 bits per heavy atom. The Hall–Kier alpha value is -3.78. The number of nitrogens with two attached hydrogens (primary N) is 1. The summed E-state index contributed by atoms with van der Waals surface area (Å²) < 4.78 is 20.3. The quantitative estimate of drug-likeness (QED) is 0.340. The minimum Gasteiger partial charge on any atom is -0.446 e. The van der Waals surface area contributed by atoms with Gasteiger partial charge in [-0.25, -0.2) is 14.2 Å². The number of amides is 2. The number of alkyl carbamates (subject to hydrolysis) is 1. The Morgan fingerprint density at radius 3 is 2.38 bits per heavy atom. The van der Waals surface area contributed by atoms with Gasteiger partial charge in [0.15, 0.2) is 0 Å². The number of rotatable bonds is 7. The maximum atomic E-state index is 14.9. The Balaban J connectivity index is 1.32. The van der Waals surface area contributed by atoms with Crippen LogP contribution in [0.5, 0.6) is 0 Å². The number of nitrogens with one attached hydrogen (secondary N) is 2. The Kier molecular flexibility index (Phi) is 7.93. The molecule has 8 heteroatoms. The van der Waals surface area contributed by atoms with E-state index >= 15 is 0 Å². The van der Waals surface area contributed by atoms with Gasteiger partial charge < -0.3 is 21.1 Å². The first-order chi connectivity index (χ1) is 18.8. The van der Waals surface area contributed by atoms with Crippen molar-refractivity contribution in [1.29, 1.82) is 0 Å². The van der Waals surface area contributed by atoms with E-state index in [-0.39, 0.29) is 29.3 Å². The monoisotopic (exact) mass is 530 g/mol. The molecule has 2 amide bonds. The topological polar surface area (TPSA) is 106 Å². The zero-order valence-electron chi connectivity index (χ0n) is 22.2. The molecule has 0 radical (unpaired) electrons. The van der Waals surface area contributed by atoms with Gasteiger partial charge in [-0.15, -0.1) is 0 Å². The third-order valence-corrected chi connectivity index (χ3v) is 8.10. The molecule has 0 aliphatic heterocycles. The summed E-state index contributed by atoms with van der Waals surface area (Å²) in [5, 5.41) is 5.38. The highest BCUT2D eigenvalue weighted by Gasteiger charge is 2.34. The molecule has 2 fully saturated rings. The lowest BCUT2D eigenvalue weighted by molar-refractivity contribution is -0.117. The van der Waals surface area contributed by atoms with E-state index in [0.29, 0.717) is 23.4 Å². The largest absolute Gasteiger partial charge is 0.446 e. The van der Waals surface area contributed by atoms with Crippen molar-refractivity contribution in [2.45, 2.75) is 63.0 Å². The summed E-state index contributed by atoms with van der Waals surface area (Å²) in [6.07, 6.45) is 7.70. The number of aromatic nitrogens is 1. The molecule has 39 heavy (non-hydrogen) atoms. The summed E-state index contributed by atoms with van der Waals surface area (Å²) in [5.74, 6) is 0.110. The minimum atomic E-state index is -0.422. The Morgan fingerprint density at radius 2 is 1.74 bits per heavy atom. The molecule has 0 atom stereocenters. The van der Waals surface area contributed by atoms with Gasteiger partial charge in [-0.05, 0) is 79.7 Å². The normalized spacial score (nSPS) is 20.0.